The molecule has 216 valence electrons. The summed E-state index contributed by atoms with van der Waals surface area (Å²) in [5.41, 5.74) is 5.55. The van der Waals surface area contributed by atoms with Gasteiger partial charge in [0.05, 0.1) is 12.3 Å². The average molecular weight is 570 g/mol. The van der Waals surface area contributed by atoms with Crippen LogP contribution in [0, 0.1) is 6.92 Å². The highest BCUT2D eigenvalue weighted by Gasteiger charge is 2.19. The van der Waals surface area contributed by atoms with Gasteiger partial charge in [0.1, 0.15) is 6.73 Å². The number of carbonyl (C=O) groups is 1. The fourth-order valence-corrected chi connectivity index (χ4v) is 6.82. The minimum atomic E-state index is -0.00384. The van der Waals surface area contributed by atoms with Crippen LogP contribution in [-0.4, -0.2) is 50.3 Å². The lowest BCUT2D eigenvalue weighted by Crippen LogP contribution is -2.35. The Morgan fingerprint density at radius 2 is 1.78 bits per heavy atom. The third-order valence-electron chi connectivity index (χ3n) is 8.23. The van der Waals surface area contributed by atoms with E-state index in [0.29, 0.717) is 31.5 Å². The third kappa shape index (κ3) is 8.25. The normalized spacial score (nSPS) is 17.2. The van der Waals surface area contributed by atoms with Crippen molar-refractivity contribution in [2.45, 2.75) is 62.9 Å². The quantitative estimate of drug-likeness (QED) is 0.270. The van der Waals surface area contributed by atoms with Gasteiger partial charge in [0.25, 0.3) is 5.91 Å². The zero-order valence-corrected chi connectivity index (χ0v) is 25.3. The number of nitrogens with zero attached hydrogens (tertiary/aromatic N) is 2. The number of hydrogen-bond acceptors (Lipinski definition) is 5. The summed E-state index contributed by atoms with van der Waals surface area (Å²) in [4.78, 5) is 19.9. The summed E-state index contributed by atoms with van der Waals surface area (Å²) in [5, 5.41) is 3.10. The van der Waals surface area contributed by atoms with Crippen LogP contribution in [0.5, 0.6) is 0 Å². The van der Waals surface area contributed by atoms with E-state index in [2.05, 4.69) is 83.7 Å². The van der Waals surface area contributed by atoms with Gasteiger partial charge in [0, 0.05) is 34.5 Å². The molecular formula is C35H43N3O2S. The Morgan fingerprint density at radius 1 is 1.02 bits per heavy atom. The molecule has 1 aliphatic heterocycles. The minimum absolute atomic E-state index is 0.00384. The second-order valence-corrected chi connectivity index (χ2v) is 12.5. The molecular weight excluding hydrogens is 526 g/mol. The predicted octanol–water partition coefficient (Wildman–Crippen LogP) is 7.51. The fourth-order valence-electron chi connectivity index (χ4n) is 5.75. The van der Waals surface area contributed by atoms with Gasteiger partial charge < -0.3 is 19.9 Å². The summed E-state index contributed by atoms with van der Waals surface area (Å²) in [6, 6.07) is 25.7. The smallest absolute Gasteiger partial charge is 0.251 e. The van der Waals surface area contributed by atoms with E-state index < -0.39 is 0 Å². The highest BCUT2D eigenvalue weighted by Crippen LogP contribution is 2.38. The summed E-state index contributed by atoms with van der Waals surface area (Å²) in [6.45, 7) is 5.78. The summed E-state index contributed by atoms with van der Waals surface area (Å²) < 4.78 is 6.18. The molecule has 1 fully saturated rings. The lowest BCUT2D eigenvalue weighted by molar-refractivity contribution is 0.0950. The molecule has 0 spiro atoms. The number of thioether (sulfide) groups is 1. The van der Waals surface area contributed by atoms with Gasteiger partial charge in [0.2, 0.25) is 0 Å². The van der Waals surface area contributed by atoms with E-state index in [0.717, 1.165) is 30.0 Å². The van der Waals surface area contributed by atoms with Gasteiger partial charge in [-0.15, -0.1) is 0 Å². The van der Waals surface area contributed by atoms with Crippen LogP contribution < -0.4 is 10.2 Å². The molecule has 1 N–H and O–H groups in total. The zero-order valence-electron chi connectivity index (χ0n) is 24.5. The van der Waals surface area contributed by atoms with E-state index in [4.69, 9.17) is 4.74 Å². The topological polar surface area (TPSA) is 44.8 Å². The molecule has 0 atom stereocenters. The molecule has 5 rings (SSSR count). The lowest BCUT2D eigenvalue weighted by Gasteiger charge is -2.31. The Balaban J connectivity index is 1.16. The van der Waals surface area contributed by atoms with Gasteiger partial charge in [-0.25, -0.2) is 0 Å². The van der Waals surface area contributed by atoms with Crippen LogP contribution in [-0.2, 0) is 11.3 Å². The van der Waals surface area contributed by atoms with Crippen LogP contribution in [0.1, 0.15) is 65.6 Å². The second-order valence-electron chi connectivity index (χ2n) is 11.3. The van der Waals surface area contributed by atoms with E-state index >= 15 is 0 Å². The van der Waals surface area contributed by atoms with Gasteiger partial charge in [0.15, 0.2) is 0 Å². The van der Waals surface area contributed by atoms with E-state index in [9.17, 15) is 4.79 Å². The summed E-state index contributed by atoms with van der Waals surface area (Å²) >= 11 is 1.75. The first-order chi connectivity index (χ1) is 20.1. The summed E-state index contributed by atoms with van der Waals surface area (Å²) in [6.07, 6.45) is 9.86. The van der Waals surface area contributed by atoms with Crippen molar-refractivity contribution in [1.82, 2.24) is 10.2 Å². The van der Waals surface area contributed by atoms with Crippen LogP contribution in [0.4, 0.5) is 5.69 Å². The Labute approximate surface area is 250 Å². The molecule has 0 aromatic heterocycles. The Hall–Kier alpha value is -3.06. The standard InChI is InChI=1S/C35H43N3O2S/c1-27-11-6-7-12-30(27)24-38-26-40-25-32(41-34-16-9-8-15-33(34)38)23-28-17-19-29(20-18-28)35(39)36-21-10-22-37(2)31-13-4-3-5-14-31/h6-9,11-12,15-20,23,31H,3-5,10,13-14,21-22,24-26H2,1-2H3,(H,36,39)/b32-23+. The molecule has 1 amide bonds. The molecule has 6 heteroatoms. The van der Waals surface area contributed by atoms with Gasteiger partial charge in [-0.3, -0.25) is 4.79 Å². The minimum Gasteiger partial charge on any atom is -0.356 e. The number of carbonyl (C=O) groups excluding carboxylic acids is 1. The SMILES string of the molecule is Cc1ccccc1CN1COC/C(=C\c2ccc(C(=O)NCCCN(C)C3CCCCC3)cc2)Sc2ccccc21. The van der Waals surface area contributed by atoms with E-state index in [1.54, 1.807) is 11.8 Å². The molecule has 3 aromatic carbocycles. The van der Waals surface area contributed by atoms with Crippen molar-refractivity contribution in [3.63, 3.8) is 0 Å². The number of aryl methyl sites for hydroxylation is 1. The molecule has 5 nitrogen and oxygen atoms in total. The number of ether oxygens (including phenoxy) is 1. The van der Waals surface area contributed by atoms with E-state index in [1.165, 1.54) is 53.8 Å². The van der Waals surface area contributed by atoms with Crippen LogP contribution in [0.3, 0.4) is 0 Å². The number of benzene rings is 3. The van der Waals surface area contributed by atoms with Crippen molar-refractivity contribution in [3.05, 3.63) is 100.0 Å². The molecule has 0 unspecified atom stereocenters. The largest absolute Gasteiger partial charge is 0.356 e. The molecule has 1 heterocycles. The molecule has 3 aromatic rings. The number of fused-ring (bicyclic) bond motifs is 1. The number of nitrogens with one attached hydrogen (secondary N) is 1. The Kier molecular flexibility index (Phi) is 10.6. The van der Waals surface area contributed by atoms with Crippen LogP contribution in [0.15, 0.2) is 82.6 Å². The first-order valence-electron chi connectivity index (χ1n) is 15.0. The van der Waals surface area contributed by atoms with Crippen molar-refractivity contribution in [1.29, 1.82) is 0 Å². The van der Waals surface area contributed by atoms with Crippen molar-refractivity contribution in [2.75, 3.05) is 38.4 Å². The number of hydrogen-bond donors (Lipinski definition) is 1. The third-order valence-corrected chi connectivity index (χ3v) is 9.30. The van der Waals surface area contributed by atoms with Crippen LogP contribution >= 0.6 is 11.8 Å². The second kappa shape index (κ2) is 14.7. The van der Waals surface area contributed by atoms with Crippen molar-refractivity contribution >= 4 is 29.4 Å². The lowest BCUT2D eigenvalue weighted by atomic mass is 9.94. The van der Waals surface area contributed by atoms with Gasteiger partial charge in [-0.05, 0) is 86.8 Å². The number of amides is 1. The maximum absolute atomic E-state index is 12.7. The van der Waals surface area contributed by atoms with Crippen molar-refractivity contribution in [2.24, 2.45) is 0 Å². The highest BCUT2D eigenvalue weighted by molar-refractivity contribution is 8.03. The molecule has 1 aliphatic carbocycles. The highest BCUT2D eigenvalue weighted by atomic mass is 32.2. The Bertz CT molecular complexity index is 1320. The molecule has 0 bridgehead atoms. The number of rotatable bonds is 9. The monoisotopic (exact) mass is 569 g/mol. The molecule has 2 aliphatic rings. The van der Waals surface area contributed by atoms with Crippen molar-refractivity contribution < 1.29 is 9.53 Å². The first kappa shape index (κ1) is 29.4. The van der Waals surface area contributed by atoms with Crippen LogP contribution in [0.2, 0.25) is 0 Å². The maximum Gasteiger partial charge on any atom is 0.251 e. The fraction of sp³-hybridized carbons (Fsp3) is 0.400. The molecule has 41 heavy (non-hydrogen) atoms. The molecule has 0 radical (unpaired) electrons. The number of anilines is 1. The van der Waals surface area contributed by atoms with Gasteiger partial charge in [-0.2, -0.15) is 0 Å². The predicted molar refractivity (Wildman–Crippen MR) is 171 cm³/mol. The average Bonchev–Trinajstić information content (AvgIpc) is 2.99. The number of para-hydroxylation sites is 1. The molecule has 1 saturated carbocycles. The van der Waals surface area contributed by atoms with Crippen molar-refractivity contribution in [3.8, 4) is 0 Å². The maximum atomic E-state index is 12.7. The van der Waals surface area contributed by atoms with Gasteiger partial charge >= 0.3 is 0 Å². The van der Waals surface area contributed by atoms with Crippen LogP contribution in [0.25, 0.3) is 6.08 Å². The zero-order chi connectivity index (χ0) is 28.4. The van der Waals surface area contributed by atoms with E-state index in [1.807, 2.05) is 24.3 Å². The Morgan fingerprint density at radius 3 is 2.59 bits per heavy atom. The van der Waals surface area contributed by atoms with E-state index in [-0.39, 0.29) is 5.91 Å². The molecule has 0 saturated heterocycles. The summed E-state index contributed by atoms with van der Waals surface area (Å²) in [5.74, 6) is -0.00384. The summed E-state index contributed by atoms with van der Waals surface area (Å²) in [7, 11) is 2.23. The first-order valence-corrected chi connectivity index (χ1v) is 15.8. The van der Waals surface area contributed by atoms with Gasteiger partial charge in [-0.1, -0.05) is 79.6 Å².